The fourth-order valence-corrected chi connectivity index (χ4v) is 2.12. The van der Waals surface area contributed by atoms with Gasteiger partial charge in [-0.25, -0.2) is 0 Å². The van der Waals surface area contributed by atoms with Crippen molar-refractivity contribution in [2.24, 2.45) is 5.73 Å². The minimum absolute atomic E-state index is 0.299. The van der Waals surface area contributed by atoms with Crippen molar-refractivity contribution in [3.05, 3.63) is 71.5 Å². The summed E-state index contributed by atoms with van der Waals surface area (Å²) in [5.41, 5.74) is 7.96. The molecule has 0 saturated heterocycles. The van der Waals surface area contributed by atoms with E-state index in [2.05, 4.69) is 49.9 Å². The van der Waals surface area contributed by atoms with Crippen LogP contribution in [0.25, 0.3) is 10.8 Å². The SMILES string of the molecule is C=C(C)CC.CC.CN(/C=C(\N)Cl)Cc1cccc2ccccc12. The van der Waals surface area contributed by atoms with Gasteiger partial charge >= 0.3 is 0 Å². The third-order valence-corrected chi connectivity index (χ3v) is 3.34. The van der Waals surface area contributed by atoms with Crippen molar-refractivity contribution in [2.75, 3.05) is 7.05 Å². The summed E-state index contributed by atoms with van der Waals surface area (Å²) in [6.45, 7) is 12.6. The molecule has 2 aromatic rings. The highest BCUT2D eigenvalue weighted by molar-refractivity contribution is 6.28. The zero-order valence-corrected chi connectivity index (χ0v) is 16.4. The Morgan fingerprint density at radius 3 is 2.25 bits per heavy atom. The molecule has 0 heterocycles. The number of halogens is 1. The second-order valence-corrected chi connectivity index (χ2v) is 5.81. The Bertz CT molecular complexity index is 638. The molecule has 2 N–H and O–H groups in total. The zero-order chi connectivity index (χ0) is 18.5. The Balaban J connectivity index is 0.000000650. The highest BCUT2D eigenvalue weighted by atomic mass is 35.5. The van der Waals surface area contributed by atoms with E-state index in [4.69, 9.17) is 17.3 Å². The number of hydrogen-bond donors (Lipinski definition) is 1. The van der Waals surface area contributed by atoms with Crippen LogP contribution in [-0.4, -0.2) is 11.9 Å². The van der Waals surface area contributed by atoms with Crippen molar-refractivity contribution >= 4 is 22.4 Å². The first kappa shape index (κ1) is 22.1. The van der Waals surface area contributed by atoms with E-state index >= 15 is 0 Å². The average Bonchev–Trinajstić information content (AvgIpc) is 2.57. The van der Waals surface area contributed by atoms with Crippen LogP contribution in [0.3, 0.4) is 0 Å². The number of benzene rings is 2. The lowest BCUT2D eigenvalue weighted by molar-refractivity contribution is 0.451. The predicted octanol–water partition coefficient (Wildman–Crippen LogP) is 6.27. The van der Waals surface area contributed by atoms with Gasteiger partial charge in [0.15, 0.2) is 0 Å². The molecule has 3 heteroatoms. The minimum Gasteiger partial charge on any atom is -0.388 e. The van der Waals surface area contributed by atoms with Crippen molar-refractivity contribution in [3.63, 3.8) is 0 Å². The number of nitrogens with two attached hydrogens (primary N) is 1. The van der Waals surface area contributed by atoms with Crippen LogP contribution >= 0.6 is 11.6 Å². The maximum Gasteiger partial charge on any atom is 0.115 e. The smallest absolute Gasteiger partial charge is 0.115 e. The van der Waals surface area contributed by atoms with Gasteiger partial charge in [-0.05, 0) is 29.7 Å². The number of rotatable bonds is 4. The van der Waals surface area contributed by atoms with Gasteiger partial charge in [0.1, 0.15) is 5.16 Å². The molecule has 2 aromatic carbocycles. The second-order valence-electron chi connectivity index (χ2n) is 5.38. The molecule has 24 heavy (non-hydrogen) atoms. The van der Waals surface area contributed by atoms with Gasteiger partial charge in [-0.15, -0.1) is 6.58 Å². The molecule has 132 valence electrons. The van der Waals surface area contributed by atoms with Crippen LogP contribution in [0.2, 0.25) is 0 Å². The number of nitrogens with zero attached hydrogens (tertiary/aromatic N) is 1. The Hall–Kier alpha value is -1.93. The van der Waals surface area contributed by atoms with Crippen molar-refractivity contribution < 1.29 is 0 Å². The van der Waals surface area contributed by atoms with Crippen LogP contribution in [0.15, 0.2) is 66.0 Å². The highest BCUT2D eigenvalue weighted by Crippen LogP contribution is 2.19. The highest BCUT2D eigenvalue weighted by Gasteiger charge is 2.02. The molecule has 0 spiro atoms. The van der Waals surface area contributed by atoms with E-state index in [1.165, 1.54) is 21.9 Å². The molecule has 0 aliphatic carbocycles. The maximum absolute atomic E-state index is 5.65. The first-order valence-electron chi connectivity index (χ1n) is 8.38. The van der Waals surface area contributed by atoms with Gasteiger partial charge < -0.3 is 10.6 Å². The minimum atomic E-state index is 0.299. The molecule has 0 atom stereocenters. The average molecular weight is 347 g/mol. The van der Waals surface area contributed by atoms with Crippen LogP contribution in [-0.2, 0) is 6.54 Å². The molecule has 0 aromatic heterocycles. The Morgan fingerprint density at radius 1 is 1.17 bits per heavy atom. The molecular formula is C21H31ClN2. The Kier molecular flexibility index (Phi) is 11.5. The van der Waals surface area contributed by atoms with Gasteiger partial charge in [0, 0.05) is 19.8 Å². The predicted molar refractivity (Wildman–Crippen MR) is 110 cm³/mol. The van der Waals surface area contributed by atoms with Gasteiger partial charge in [0.05, 0.1) is 0 Å². The lowest BCUT2D eigenvalue weighted by Crippen LogP contribution is -2.12. The maximum atomic E-state index is 5.65. The summed E-state index contributed by atoms with van der Waals surface area (Å²) < 4.78 is 0. The molecule has 0 aliphatic heterocycles. The first-order chi connectivity index (χ1) is 11.4. The second kappa shape index (κ2) is 12.5. The number of hydrogen-bond acceptors (Lipinski definition) is 2. The van der Waals surface area contributed by atoms with Gasteiger partial charge in [-0.2, -0.15) is 0 Å². The number of allylic oxidation sites excluding steroid dienone is 1. The van der Waals surface area contributed by atoms with Crippen molar-refractivity contribution in [1.29, 1.82) is 0 Å². The van der Waals surface area contributed by atoms with E-state index in [0.717, 1.165) is 13.0 Å². The van der Waals surface area contributed by atoms with Crippen LogP contribution in [0.5, 0.6) is 0 Å². The molecule has 0 aliphatic rings. The molecule has 0 radical (unpaired) electrons. The van der Waals surface area contributed by atoms with Crippen LogP contribution in [0, 0.1) is 0 Å². The van der Waals surface area contributed by atoms with E-state index in [9.17, 15) is 0 Å². The molecule has 2 nitrogen and oxygen atoms in total. The summed E-state index contributed by atoms with van der Waals surface area (Å²) in [4.78, 5) is 1.98. The van der Waals surface area contributed by atoms with Crippen LogP contribution in [0.4, 0.5) is 0 Å². The molecule has 0 fully saturated rings. The molecule has 0 bridgehead atoms. The largest absolute Gasteiger partial charge is 0.388 e. The Morgan fingerprint density at radius 2 is 1.71 bits per heavy atom. The lowest BCUT2D eigenvalue weighted by atomic mass is 10.0. The third-order valence-electron chi connectivity index (χ3n) is 3.25. The molecule has 0 saturated carbocycles. The Labute approximate surface area is 152 Å². The molecule has 2 rings (SSSR count). The summed E-state index contributed by atoms with van der Waals surface area (Å²) in [5.74, 6) is 0. The molecule has 0 amide bonds. The van der Waals surface area contributed by atoms with Gasteiger partial charge in [-0.3, -0.25) is 0 Å². The van der Waals surface area contributed by atoms with E-state index in [1.807, 2.05) is 38.8 Å². The van der Waals surface area contributed by atoms with E-state index < -0.39 is 0 Å². The van der Waals surface area contributed by atoms with Crippen LogP contribution < -0.4 is 5.73 Å². The lowest BCUT2D eigenvalue weighted by Gasteiger charge is -2.15. The van der Waals surface area contributed by atoms with E-state index in [0.29, 0.717) is 5.16 Å². The van der Waals surface area contributed by atoms with Crippen molar-refractivity contribution in [1.82, 2.24) is 4.90 Å². The quantitative estimate of drug-likeness (QED) is 0.522. The standard InChI is InChI=1S/C14H15ClN2.C5H10.C2H6/c1-17(10-14(15)16)9-12-7-4-6-11-5-2-3-8-13(11)12;1-4-5(2)3;1-2/h2-8,10H,9,16H2,1H3;2,4H2,1,3H3;1-2H3/b14-10-;;. The van der Waals surface area contributed by atoms with Crippen molar-refractivity contribution in [2.45, 2.75) is 40.7 Å². The molecular weight excluding hydrogens is 316 g/mol. The molecule has 0 unspecified atom stereocenters. The van der Waals surface area contributed by atoms with E-state index in [1.54, 1.807) is 6.20 Å². The summed E-state index contributed by atoms with van der Waals surface area (Å²) in [7, 11) is 1.96. The summed E-state index contributed by atoms with van der Waals surface area (Å²) >= 11 is 5.65. The van der Waals surface area contributed by atoms with E-state index in [-0.39, 0.29) is 0 Å². The summed E-state index contributed by atoms with van der Waals surface area (Å²) in [6, 6.07) is 14.7. The zero-order valence-electron chi connectivity index (χ0n) is 15.6. The fourth-order valence-electron chi connectivity index (χ4n) is 1.96. The summed E-state index contributed by atoms with van der Waals surface area (Å²) in [5, 5.41) is 2.82. The summed E-state index contributed by atoms with van der Waals surface area (Å²) in [6.07, 6.45) is 2.84. The monoisotopic (exact) mass is 346 g/mol. The number of fused-ring (bicyclic) bond motifs is 1. The third kappa shape index (κ3) is 8.64. The first-order valence-corrected chi connectivity index (χ1v) is 8.76. The normalized spacial score (nSPS) is 10.2. The van der Waals surface area contributed by atoms with Gasteiger partial charge in [0.25, 0.3) is 0 Å². The van der Waals surface area contributed by atoms with Gasteiger partial charge in [0.2, 0.25) is 0 Å². The van der Waals surface area contributed by atoms with Crippen molar-refractivity contribution in [3.8, 4) is 0 Å². The topological polar surface area (TPSA) is 29.3 Å². The van der Waals surface area contributed by atoms with Crippen LogP contribution in [0.1, 0.15) is 39.7 Å². The van der Waals surface area contributed by atoms with Gasteiger partial charge in [-0.1, -0.05) is 80.4 Å². The fraction of sp³-hybridized carbons (Fsp3) is 0.333.